The third-order valence-corrected chi connectivity index (χ3v) is 5.47. The van der Waals surface area contributed by atoms with E-state index in [1.807, 2.05) is 20.8 Å². The summed E-state index contributed by atoms with van der Waals surface area (Å²) >= 11 is 0. The van der Waals surface area contributed by atoms with Crippen LogP contribution < -0.4 is 9.47 Å². The summed E-state index contributed by atoms with van der Waals surface area (Å²) in [6.45, 7) is 11.3. The average molecular weight is 378 g/mol. The Kier molecular flexibility index (Phi) is 6.39. The van der Waals surface area contributed by atoms with Crippen LogP contribution in [-0.2, 0) is 25.5 Å². The second kappa shape index (κ2) is 8.19. The van der Waals surface area contributed by atoms with Gasteiger partial charge >= 0.3 is 11.9 Å². The Labute approximate surface area is 161 Å². The summed E-state index contributed by atoms with van der Waals surface area (Å²) in [7, 11) is 1.66. The van der Waals surface area contributed by atoms with Crippen LogP contribution in [0.5, 0.6) is 11.5 Å². The first-order valence-corrected chi connectivity index (χ1v) is 9.41. The molecule has 0 aliphatic carbocycles. The van der Waals surface area contributed by atoms with E-state index in [-0.39, 0.29) is 13.2 Å². The molecule has 1 aliphatic rings. The predicted molar refractivity (Wildman–Crippen MR) is 101 cm³/mol. The summed E-state index contributed by atoms with van der Waals surface area (Å²) in [5.74, 6) is 0.349. The van der Waals surface area contributed by atoms with Crippen molar-refractivity contribution in [1.82, 2.24) is 0 Å². The molecule has 1 aliphatic heterocycles. The number of hydrogen-bond donors (Lipinski definition) is 0. The van der Waals surface area contributed by atoms with Gasteiger partial charge in [0, 0.05) is 5.56 Å². The van der Waals surface area contributed by atoms with Gasteiger partial charge in [-0.15, -0.1) is 0 Å². The average Bonchev–Trinajstić information content (AvgIpc) is 2.66. The molecule has 1 aromatic carbocycles. The molecule has 0 bridgehead atoms. The molecule has 150 valence electrons. The van der Waals surface area contributed by atoms with Crippen LogP contribution in [0.2, 0.25) is 0 Å². The molecule has 6 heteroatoms. The molecule has 0 radical (unpaired) electrons. The van der Waals surface area contributed by atoms with Crippen LogP contribution in [0.25, 0.3) is 0 Å². The van der Waals surface area contributed by atoms with Crippen molar-refractivity contribution in [2.24, 2.45) is 5.41 Å². The molecule has 0 N–H and O–H groups in total. The highest BCUT2D eigenvalue weighted by Gasteiger charge is 2.53. The summed E-state index contributed by atoms with van der Waals surface area (Å²) in [5.41, 5.74) is 2.51. The molecular formula is C21H30O6. The van der Waals surface area contributed by atoms with Crippen LogP contribution in [0.15, 0.2) is 0 Å². The number of fused-ring (bicyclic) bond motifs is 1. The van der Waals surface area contributed by atoms with E-state index >= 15 is 0 Å². The Balaban J connectivity index is 2.50. The molecule has 1 atom stereocenters. The fourth-order valence-electron chi connectivity index (χ4n) is 3.71. The van der Waals surface area contributed by atoms with Crippen LogP contribution in [0.3, 0.4) is 0 Å². The molecule has 0 amide bonds. The molecule has 1 heterocycles. The van der Waals surface area contributed by atoms with Crippen LogP contribution in [0.1, 0.15) is 49.4 Å². The molecule has 6 nitrogen and oxygen atoms in total. The van der Waals surface area contributed by atoms with Gasteiger partial charge in [0.15, 0.2) is 5.41 Å². The Morgan fingerprint density at radius 1 is 1.04 bits per heavy atom. The minimum absolute atomic E-state index is 0.186. The third kappa shape index (κ3) is 3.49. The van der Waals surface area contributed by atoms with Gasteiger partial charge in [0.1, 0.15) is 17.6 Å². The maximum Gasteiger partial charge on any atom is 0.327 e. The van der Waals surface area contributed by atoms with Gasteiger partial charge in [0.2, 0.25) is 0 Å². The second-order valence-electron chi connectivity index (χ2n) is 7.00. The summed E-state index contributed by atoms with van der Waals surface area (Å²) in [6, 6.07) is 0. The van der Waals surface area contributed by atoms with Crippen molar-refractivity contribution in [3.63, 3.8) is 0 Å². The third-order valence-electron chi connectivity index (χ3n) is 5.47. The van der Waals surface area contributed by atoms with E-state index in [0.29, 0.717) is 12.8 Å². The Hall–Kier alpha value is -2.24. The molecule has 0 spiro atoms. The number of rotatable bonds is 6. The van der Waals surface area contributed by atoms with Crippen molar-refractivity contribution in [3.8, 4) is 11.5 Å². The maximum atomic E-state index is 12.7. The predicted octanol–water partition coefficient (Wildman–Crippen LogP) is 3.45. The van der Waals surface area contributed by atoms with Gasteiger partial charge in [-0.05, 0) is 71.1 Å². The number of esters is 2. The number of carbonyl (C=O) groups is 2. The summed E-state index contributed by atoms with van der Waals surface area (Å²) in [5, 5.41) is 0. The Bertz CT molecular complexity index is 719. The fourth-order valence-corrected chi connectivity index (χ4v) is 3.71. The van der Waals surface area contributed by atoms with Gasteiger partial charge in [0.05, 0.1) is 20.3 Å². The van der Waals surface area contributed by atoms with E-state index in [0.717, 1.165) is 33.8 Å². The van der Waals surface area contributed by atoms with Crippen LogP contribution in [-0.4, -0.2) is 38.4 Å². The molecule has 0 saturated carbocycles. The Morgan fingerprint density at radius 3 is 2.07 bits per heavy atom. The van der Waals surface area contributed by atoms with Crippen LogP contribution in [0.4, 0.5) is 0 Å². The molecule has 1 aromatic rings. The minimum atomic E-state index is -1.52. The first-order valence-electron chi connectivity index (χ1n) is 9.41. The standard InChI is InChI=1S/C21H30O6/c1-8-25-19(22)21(6,20(23)26-9-2)16-11-10-15-14(5)17(24-7)12(3)13(4)18(15)27-16/h16H,8-11H2,1-7H3. The smallest absolute Gasteiger partial charge is 0.327 e. The number of carbonyl (C=O) groups excluding carboxylic acids is 2. The molecule has 0 aromatic heterocycles. The highest BCUT2D eigenvalue weighted by molar-refractivity contribution is 6.00. The molecule has 1 unspecified atom stereocenters. The SMILES string of the molecule is CCOC(=O)C(C)(C(=O)OCC)C1CCc2c(C)c(OC)c(C)c(C)c2O1. The van der Waals surface area contributed by atoms with Crippen molar-refractivity contribution in [2.45, 2.75) is 60.5 Å². The van der Waals surface area contributed by atoms with Crippen LogP contribution >= 0.6 is 0 Å². The lowest BCUT2D eigenvalue weighted by molar-refractivity contribution is -0.178. The molecule has 0 fully saturated rings. The van der Waals surface area contributed by atoms with E-state index in [1.54, 1.807) is 27.9 Å². The lowest BCUT2D eigenvalue weighted by Gasteiger charge is -2.38. The summed E-state index contributed by atoms with van der Waals surface area (Å²) in [6.07, 6.45) is 0.528. The maximum absolute atomic E-state index is 12.7. The van der Waals surface area contributed by atoms with Crippen LogP contribution in [0, 0.1) is 26.2 Å². The van der Waals surface area contributed by atoms with Gasteiger partial charge in [-0.1, -0.05) is 0 Å². The minimum Gasteiger partial charge on any atom is -0.496 e. The normalized spacial score (nSPS) is 16.2. The van der Waals surface area contributed by atoms with Gasteiger partial charge in [0.25, 0.3) is 0 Å². The second-order valence-corrected chi connectivity index (χ2v) is 7.00. The van der Waals surface area contributed by atoms with Crippen molar-refractivity contribution in [3.05, 3.63) is 22.3 Å². The van der Waals surface area contributed by atoms with E-state index in [4.69, 9.17) is 18.9 Å². The van der Waals surface area contributed by atoms with Crippen molar-refractivity contribution in [2.75, 3.05) is 20.3 Å². The quantitative estimate of drug-likeness (QED) is 0.558. The van der Waals surface area contributed by atoms with Gasteiger partial charge < -0.3 is 18.9 Å². The zero-order valence-electron chi connectivity index (χ0n) is 17.4. The van der Waals surface area contributed by atoms with Crippen molar-refractivity contribution < 1.29 is 28.5 Å². The molecule has 2 rings (SSSR count). The van der Waals surface area contributed by atoms with Crippen molar-refractivity contribution in [1.29, 1.82) is 0 Å². The van der Waals surface area contributed by atoms with E-state index in [9.17, 15) is 9.59 Å². The monoisotopic (exact) mass is 378 g/mol. The highest BCUT2D eigenvalue weighted by Crippen LogP contribution is 2.44. The van der Waals surface area contributed by atoms with Crippen molar-refractivity contribution >= 4 is 11.9 Å². The van der Waals surface area contributed by atoms with E-state index in [2.05, 4.69) is 0 Å². The lowest BCUT2D eigenvalue weighted by atomic mass is 9.79. The highest BCUT2D eigenvalue weighted by atomic mass is 16.6. The summed E-state index contributed by atoms with van der Waals surface area (Å²) in [4.78, 5) is 25.4. The zero-order valence-corrected chi connectivity index (χ0v) is 17.4. The first kappa shape index (κ1) is 21.1. The molecule has 27 heavy (non-hydrogen) atoms. The number of methoxy groups -OCH3 is 1. The lowest BCUT2D eigenvalue weighted by Crippen LogP contribution is -2.52. The largest absolute Gasteiger partial charge is 0.496 e. The zero-order chi connectivity index (χ0) is 20.4. The number of ether oxygens (including phenoxy) is 4. The van der Waals surface area contributed by atoms with Gasteiger partial charge in [-0.2, -0.15) is 0 Å². The first-order chi connectivity index (χ1) is 12.7. The van der Waals surface area contributed by atoms with E-state index in [1.165, 1.54) is 0 Å². The fraction of sp³-hybridized carbons (Fsp3) is 0.619. The number of benzene rings is 1. The van der Waals surface area contributed by atoms with Gasteiger partial charge in [-0.25, -0.2) is 0 Å². The van der Waals surface area contributed by atoms with E-state index < -0.39 is 23.5 Å². The molecule has 0 saturated heterocycles. The summed E-state index contributed by atoms with van der Waals surface area (Å²) < 4.78 is 22.2. The Morgan fingerprint density at radius 2 is 1.59 bits per heavy atom. The molecular weight excluding hydrogens is 348 g/mol. The van der Waals surface area contributed by atoms with Gasteiger partial charge in [-0.3, -0.25) is 9.59 Å². The topological polar surface area (TPSA) is 71.1 Å². The number of hydrogen-bond acceptors (Lipinski definition) is 6.